The molecule has 2 N–H and O–H groups in total. The average Bonchev–Trinajstić information content (AvgIpc) is 3.22. The number of ether oxygens (including phenoxy) is 1. The average molecular weight is 507 g/mol. The van der Waals surface area contributed by atoms with Crippen molar-refractivity contribution in [3.63, 3.8) is 0 Å². The number of aromatic nitrogens is 1. The van der Waals surface area contributed by atoms with Gasteiger partial charge in [0.25, 0.3) is 0 Å². The predicted octanol–water partition coefficient (Wildman–Crippen LogP) is 3.01. The van der Waals surface area contributed by atoms with Gasteiger partial charge in [-0.3, -0.25) is 4.99 Å². The van der Waals surface area contributed by atoms with Gasteiger partial charge in [0, 0.05) is 45.3 Å². The van der Waals surface area contributed by atoms with Crippen LogP contribution in [0.4, 0.5) is 5.82 Å². The highest BCUT2D eigenvalue weighted by Gasteiger charge is 2.20. The molecule has 0 aliphatic carbocycles. The monoisotopic (exact) mass is 507 g/mol. The maximum Gasteiger partial charge on any atom is 0.191 e. The van der Waals surface area contributed by atoms with Crippen molar-refractivity contribution in [2.75, 3.05) is 38.2 Å². The van der Waals surface area contributed by atoms with Gasteiger partial charge in [-0.25, -0.2) is 4.98 Å². The Bertz CT molecular complexity index is 806. The van der Waals surface area contributed by atoms with E-state index in [4.69, 9.17) is 4.74 Å². The van der Waals surface area contributed by atoms with Gasteiger partial charge >= 0.3 is 0 Å². The van der Waals surface area contributed by atoms with Crippen LogP contribution in [-0.2, 0) is 12.8 Å². The number of nitrogens with zero attached hydrogens (tertiary/aromatic N) is 3. The Morgan fingerprint density at radius 3 is 2.86 bits per heavy atom. The molecular formula is C22H30IN5O. The van der Waals surface area contributed by atoms with Gasteiger partial charge in [0.05, 0.1) is 6.61 Å². The van der Waals surface area contributed by atoms with E-state index in [2.05, 4.69) is 49.8 Å². The molecule has 0 unspecified atom stereocenters. The van der Waals surface area contributed by atoms with Crippen LogP contribution in [0.2, 0.25) is 0 Å². The number of aliphatic imine (C=N–C) groups is 1. The molecule has 29 heavy (non-hydrogen) atoms. The van der Waals surface area contributed by atoms with Crippen molar-refractivity contribution in [3.05, 3.63) is 53.7 Å². The number of hydrogen-bond acceptors (Lipinski definition) is 4. The van der Waals surface area contributed by atoms with Crippen LogP contribution in [-0.4, -0.2) is 50.3 Å². The number of halogens is 1. The minimum Gasteiger partial charge on any atom is -0.493 e. The first-order valence-electron chi connectivity index (χ1n) is 10.2. The van der Waals surface area contributed by atoms with Crippen LogP contribution in [0, 0.1) is 0 Å². The van der Waals surface area contributed by atoms with E-state index < -0.39 is 0 Å². The van der Waals surface area contributed by atoms with Crippen molar-refractivity contribution in [1.82, 2.24) is 15.6 Å². The third kappa shape index (κ3) is 5.74. The molecule has 0 bridgehead atoms. The zero-order chi connectivity index (χ0) is 19.2. The molecule has 156 valence electrons. The number of fused-ring (bicyclic) bond motifs is 1. The van der Waals surface area contributed by atoms with E-state index in [9.17, 15) is 0 Å². The Labute approximate surface area is 190 Å². The number of guanidine groups is 1. The van der Waals surface area contributed by atoms with Crippen LogP contribution in [0.1, 0.15) is 24.0 Å². The molecule has 4 rings (SSSR count). The lowest BCUT2D eigenvalue weighted by molar-refractivity contribution is 0.357. The van der Waals surface area contributed by atoms with Gasteiger partial charge in [-0.05, 0) is 48.6 Å². The summed E-state index contributed by atoms with van der Waals surface area (Å²) in [5.41, 5.74) is 2.68. The minimum atomic E-state index is 0. The fourth-order valence-corrected chi connectivity index (χ4v) is 3.90. The van der Waals surface area contributed by atoms with Crippen LogP contribution in [0.15, 0.2) is 47.6 Å². The summed E-state index contributed by atoms with van der Waals surface area (Å²) >= 11 is 0. The van der Waals surface area contributed by atoms with Crippen LogP contribution in [0.3, 0.4) is 0 Å². The lowest BCUT2D eigenvalue weighted by atomic mass is 10.1. The summed E-state index contributed by atoms with van der Waals surface area (Å²) in [5.74, 6) is 3.01. The molecular weight excluding hydrogens is 477 g/mol. The van der Waals surface area contributed by atoms with E-state index in [1.54, 1.807) is 0 Å². The zero-order valence-electron chi connectivity index (χ0n) is 16.9. The number of hydrogen-bond donors (Lipinski definition) is 2. The van der Waals surface area contributed by atoms with Crippen LogP contribution in [0.25, 0.3) is 0 Å². The SMILES string of the molecule is CN=C(NCCc1ccc2c(c1)CCO2)NC1CCN(c2ccccn2)CC1.I. The maximum absolute atomic E-state index is 5.58. The van der Waals surface area contributed by atoms with Crippen molar-refractivity contribution in [2.24, 2.45) is 4.99 Å². The van der Waals surface area contributed by atoms with Crippen molar-refractivity contribution in [1.29, 1.82) is 0 Å². The minimum absolute atomic E-state index is 0. The highest BCUT2D eigenvalue weighted by Crippen LogP contribution is 2.25. The second-order valence-electron chi connectivity index (χ2n) is 7.38. The Morgan fingerprint density at radius 2 is 2.10 bits per heavy atom. The van der Waals surface area contributed by atoms with Gasteiger partial charge in [-0.15, -0.1) is 24.0 Å². The van der Waals surface area contributed by atoms with Crippen LogP contribution >= 0.6 is 24.0 Å². The zero-order valence-corrected chi connectivity index (χ0v) is 19.3. The van der Waals surface area contributed by atoms with Gasteiger partial charge in [-0.1, -0.05) is 18.2 Å². The molecule has 0 saturated carbocycles. The summed E-state index contributed by atoms with van der Waals surface area (Å²) in [7, 11) is 1.84. The van der Waals surface area contributed by atoms with Crippen LogP contribution in [0.5, 0.6) is 5.75 Å². The Balaban J connectivity index is 0.00000240. The topological polar surface area (TPSA) is 61.8 Å². The third-order valence-electron chi connectivity index (χ3n) is 5.49. The second-order valence-corrected chi connectivity index (χ2v) is 7.38. The Kier molecular flexibility index (Phi) is 7.97. The van der Waals surface area contributed by atoms with Crippen molar-refractivity contribution in [3.8, 4) is 5.75 Å². The standard InChI is InChI=1S/C22H29N5O.HI/c1-23-22(25-12-7-17-5-6-20-18(16-17)10-15-28-20)26-19-8-13-27(14-9-19)21-4-2-3-11-24-21;/h2-6,11,16,19H,7-10,12-15H2,1H3,(H2,23,25,26);1H. The Hall–Kier alpha value is -2.03. The first-order chi connectivity index (χ1) is 13.8. The molecule has 2 aliphatic rings. The molecule has 3 heterocycles. The summed E-state index contributed by atoms with van der Waals surface area (Å²) in [5, 5.41) is 7.03. The molecule has 1 fully saturated rings. The first-order valence-corrected chi connectivity index (χ1v) is 10.2. The maximum atomic E-state index is 5.58. The molecule has 7 heteroatoms. The smallest absolute Gasteiger partial charge is 0.191 e. The number of piperidine rings is 1. The van der Waals surface area contributed by atoms with E-state index in [0.717, 1.165) is 69.5 Å². The molecule has 1 aromatic heterocycles. The summed E-state index contributed by atoms with van der Waals surface area (Å²) in [6, 6.07) is 13.1. The third-order valence-corrected chi connectivity index (χ3v) is 5.49. The van der Waals surface area contributed by atoms with Gasteiger partial charge in [0.15, 0.2) is 5.96 Å². The fraction of sp³-hybridized carbons (Fsp3) is 0.455. The molecule has 0 radical (unpaired) electrons. The van der Waals surface area contributed by atoms with Gasteiger partial charge in [0.1, 0.15) is 11.6 Å². The van der Waals surface area contributed by atoms with Gasteiger partial charge in [0.2, 0.25) is 0 Å². The van der Waals surface area contributed by atoms with Crippen molar-refractivity contribution < 1.29 is 4.74 Å². The van der Waals surface area contributed by atoms with E-state index in [1.165, 1.54) is 11.1 Å². The molecule has 6 nitrogen and oxygen atoms in total. The number of benzene rings is 1. The molecule has 0 amide bonds. The Morgan fingerprint density at radius 1 is 1.24 bits per heavy atom. The summed E-state index contributed by atoms with van der Waals surface area (Å²) < 4.78 is 5.58. The van der Waals surface area contributed by atoms with Crippen LogP contribution < -0.4 is 20.3 Å². The van der Waals surface area contributed by atoms with Crippen molar-refractivity contribution in [2.45, 2.75) is 31.7 Å². The number of nitrogens with one attached hydrogen (secondary N) is 2. The van der Waals surface area contributed by atoms with Crippen molar-refractivity contribution >= 4 is 35.8 Å². The number of anilines is 1. The molecule has 2 aliphatic heterocycles. The second kappa shape index (κ2) is 10.7. The molecule has 2 aromatic rings. The predicted molar refractivity (Wildman–Crippen MR) is 129 cm³/mol. The highest BCUT2D eigenvalue weighted by molar-refractivity contribution is 14.0. The summed E-state index contributed by atoms with van der Waals surface area (Å²) in [6.07, 6.45) is 6.03. The van der Waals surface area contributed by atoms with Gasteiger partial charge < -0.3 is 20.3 Å². The first kappa shape index (κ1) is 21.7. The lowest BCUT2D eigenvalue weighted by Crippen LogP contribution is -2.49. The fourth-order valence-electron chi connectivity index (χ4n) is 3.90. The molecule has 0 spiro atoms. The van der Waals surface area contributed by atoms with E-state index in [1.807, 2.05) is 25.4 Å². The van der Waals surface area contributed by atoms with Gasteiger partial charge in [-0.2, -0.15) is 0 Å². The molecule has 1 aromatic carbocycles. The number of pyridine rings is 1. The molecule has 1 saturated heterocycles. The summed E-state index contributed by atoms with van der Waals surface area (Å²) in [6.45, 7) is 3.71. The normalized spacial score (nSPS) is 16.6. The van der Waals surface area contributed by atoms with E-state index in [0.29, 0.717) is 6.04 Å². The largest absolute Gasteiger partial charge is 0.493 e. The van der Waals surface area contributed by atoms with E-state index in [-0.39, 0.29) is 24.0 Å². The lowest BCUT2D eigenvalue weighted by Gasteiger charge is -2.33. The quantitative estimate of drug-likeness (QED) is 0.370. The molecule has 0 atom stereocenters. The van der Waals surface area contributed by atoms with E-state index >= 15 is 0 Å². The summed E-state index contributed by atoms with van der Waals surface area (Å²) in [4.78, 5) is 11.2. The highest BCUT2D eigenvalue weighted by atomic mass is 127. The number of rotatable bonds is 5.